The minimum Gasteiger partial charge on any atom is -0.315 e. The summed E-state index contributed by atoms with van der Waals surface area (Å²) in [4.78, 5) is 10.2. The molecule has 74 valence electrons. The van der Waals surface area contributed by atoms with Gasteiger partial charge < -0.3 is 5.32 Å². The number of nitrogens with zero attached hydrogens (tertiary/aromatic N) is 1. The Bertz CT molecular complexity index is 372. The van der Waals surface area contributed by atoms with E-state index in [9.17, 15) is 10.1 Å². The first-order valence-corrected chi connectivity index (χ1v) is 4.64. The van der Waals surface area contributed by atoms with E-state index in [-0.39, 0.29) is 10.6 Å². The van der Waals surface area contributed by atoms with E-state index in [4.69, 9.17) is 0 Å². The molecule has 0 atom stereocenters. The summed E-state index contributed by atoms with van der Waals surface area (Å²) >= 11 is 0. The highest BCUT2D eigenvalue weighted by Crippen LogP contribution is 2.26. The van der Waals surface area contributed by atoms with Gasteiger partial charge in [0.1, 0.15) is 0 Å². The molecule has 1 N–H and O–H groups in total. The molecule has 1 aromatic rings. The average Bonchev–Trinajstić information content (AvgIpc) is 2.05. The summed E-state index contributed by atoms with van der Waals surface area (Å²) in [6, 6.07) is 5.08. The Balaban J connectivity index is 2.36. The van der Waals surface area contributed by atoms with Crippen LogP contribution in [0.2, 0.25) is 0 Å². The van der Waals surface area contributed by atoms with Gasteiger partial charge >= 0.3 is 0 Å². The van der Waals surface area contributed by atoms with Crippen molar-refractivity contribution < 1.29 is 4.92 Å². The summed E-state index contributed by atoms with van der Waals surface area (Å²) in [5.74, 6) is 0.454. The molecule has 1 fully saturated rings. The van der Waals surface area contributed by atoms with Gasteiger partial charge in [0, 0.05) is 31.1 Å². The van der Waals surface area contributed by atoms with Crippen LogP contribution in [0.4, 0.5) is 5.69 Å². The number of rotatable bonds is 2. The third kappa shape index (κ3) is 1.48. The Morgan fingerprint density at radius 1 is 1.50 bits per heavy atom. The molecule has 0 spiro atoms. The fourth-order valence-corrected chi connectivity index (χ4v) is 1.69. The van der Waals surface area contributed by atoms with Crippen LogP contribution in [-0.2, 0) is 0 Å². The largest absolute Gasteiger partial charge is 0.315 e. The Morgan fingerprint density at radius 3 is 2.71 bits per heavy atom. The normalized spacial score (nSPS) is 16.4. The fraction of sp³-hybridized carbons (Fsp3) is 0.400. The van der Waals surface area contributed by atoms with Crippen molar-refractivity contribution in [3.8, 4) is 0 Å². The number of benzene rings is 1. The third-order valence-electron chi connectivity index (χ3n) is 2.69. The van der Waals surface area contributed by atoms with Crippen LogP contribution < -0.4 is 5.32 Å². The number of aryl methyl sites for hydroxylation is 1. The summed E-state index contributed by atoms with van der Waals surface area (Å²) in [6.45, 7) is 3.86. The molecule has 4 nitrogen and oxygen atoms in total. The SMILES string of the molecule is Cc1ccc([N+](=O)[O-])cc1C1CNC1. The summed E-state index contributed by atoms with van der Waals surface area (Å²) in [5.41, 5.74) is 2.44. The molecule has 2 rings (SSSR count). The maximum Gasteiger partial charge on any atom is 0.269 e. The summed E-state index contributed by atoms with van der Waals surface area (Å²) in [6.07, 6.45) is 0. The van der Waals surface area contributed by atoms with Crippen molar-refractivity contribution in [2.24, 2.45) is 0 Å². The summed E-state index contributed by atoms with van der Waals surface area (Å²) < 4.78 is 0. The lowest BCUT2D eigenvalue weighted by molar-refractivity contribution is -0.384. The highest BCUT2D eigenvalue weighted by Gasteiger charge is 2.22. The van der Waals surface area contributed by atoms with E-state index < -0.39 is 0 Å². The van der Waals surface area contributed by atoms with Crippen molar-refractivity contribution >= 4 is 5.69 Å². The molecule has 0 unspecified atom stereocenters. The van der Waals surface area contributed by atoms with Gasteiger partial charge in [-0.15, -0.1) is 0 Å². The van der Waals surface area contributed by atoms with Gasteiger partial charge in [0.05, 0.1) is 4.92 Å². The lowest BCUT2D eigenvalue weighted by atomic mass is 9.90. The zero-order chi connectivity index (χ0) is 10.1. The number of nitrogens with one attached hydrogen (secondary N) is 1. The summed E-state index contributed by atoms with van der Waals surface area (Å²) in [5, 5.41) is 13.7. The first-order chi connectivity index (χ1) is 6.68. The van der Waals surface area contributed by atoms with Gasteiger partial charge in [0.25, 0.3) is 5.69 Å². The van der Waals surface area contributed by atoms with Gasteiger partial charge in [0.2, 0.25) is 0 Å². The zero-order valence-electron chi connectivity index (χ0n) is 7.99. The number of hydrogen-bond acceptors (Lipinski definition) is 3. The number of nitro groups is 1. The van der Waals surface area contributed by atoms with Gasteiger partial charge in [-0.05, 0) is 18.1 Å². The minimum absolute atomic E-state index is 0.192. The van der Waals surface area contributed by atoms with E-state index in [0.717, 1.165) is 24.2 Å². The molecular weight excluding hydrogens is 180 g/mol. The molecule has 0 amide bonds. The predicted octanol–water partition coefficient (Wildman–Crippen LogP) is 1.59. The average molecular weight is 192 g/mol. The Hall–Kier alpha value is -1.42. The lowest BCUT2D eigenvalue weighted by Crippen LogP contribution is -2.40. The quantitative estimate of drug-likeness (QED) is 0.571. The van der Waals surface area contributed by atoms with Gasteiger partial charge in [0.15, 0.2) is 0 Å². The van der Waals surface area contributed by atoms with Crippen molar-refractivity contribution in [3.63, 3.8) is 0 Å². The smallest absolute Gasteiger partial charge is 0.269 e. The van der Waals surface area contributed by atoms with E-state index >= 15 is 0 Å². The summed E-state index contributed by atoms with van der Waals surface area (Å²) in [7, 11) is 0. The molecule has 0 radical (unpaired) electrons. The molecular formula is C10H12N2O2. The van der Waals surface area contributed by atoms with E-state index in [2.05, 4.69) is 5.32 Å². The van der Waals surface area contributed by atoms with Gasteiger partial charge in [-0.3, -0.25) is 10.1 Å². The molecule has 1 aliphatic rings. The van der Waals surface area contributed by atoms with Crippen LogP contribution in [0.5, 0.6) is 0 Å². The number of non-ortho nitro benzene ring substituents is 1. The molecule has 0 bridgehead atoms. The van der Waals surface area contributed by atoms with Crippen LogP contribution >= 0.6 is 0 Å². The van der Waals surface area contributed by atoms with Crippen molar-refractivity contribution in [2.75, 3.05) is 13.1 Å². The van der Waals surface area contributed by atoms with Crippen molar-refractivity contribution in [2.45, 2.75) is 12.8 Å². The first kappa shape index (κ1) is 9.15. The Kier molecular flexibility index (Phi) is 2.21. The molecule has 1 heterocycles. The van der Waals surface area contributed by atoms with E-state index in [0.29, 0.717) is 5.92 Å². The van der Waals surface area contributed by atoms with Crippen molar-refractivity contribution in [1.29, 1.82) is 0 Å². The maximum absolute atomic E-state index is 10.6. The molecule has 14 heavy (non-hydrogen) atoms. The van der Waals surface area contributed by atoms with Crippen LogP contribution in [0.15, 0.2) is 18.2 Å². The first-order valence-electron chi connectivity index (χ1n) is 4.64. The molecule has 1 saturated heterocycles. The van der Waals surface area contributed by atoms with Crippen LogP contribution in [0.25, 0.3) is 0 Å². The van der Waals surface area contributed by atoms with Crippen LogP contribution in [-0.4, -0.2) is 18.0 Å². The van der Waals surface area contributed by atoms with E-state index in [1.807, 2.05) is 13.0 Å². The maximum atomic E-state index is 10.6. The fourth-order valence-electron chi connectivity index (χ4n) is 1.69. The Labute approximate surface area is 82.1 Å². The minimum atomic E-state index is -0.338. The standard InChI is InChI=1S/C10H12N2O2/c1-7-2-3-9(12(13)14)4-10(7)8-5-11-6-8/h2-4,8,11H,5-6H2,1H3. The topological polar surface area (TPSA) is 55.2 Å². The zero-order valence-corrected chi connectivity index (χ0v) is 7.99. The number of hydrogen-bond donors (Lipinski definition) is 1. The highest BCUT2D eigenvalue weighted by molar-refractivity contribution is 5.42. The number of nitro benzene ring substituents is 1. The van der Waals surface area contributed by atoms with Gasteiger partial charge in [-0.2, -0.15) is 0 Å². The molecule has 0 saturated carbocycles. The molecule has 4 heteroatoms. The van der Waals surface area contributed by atoms with Crippen LogP contribution in [0.3, 0.4) is 0 Å². The second kappa shape index (κ2) is 3.38. The van der Waals surface area contributed by atoms with E-state index in [1.165, 1.54) is 0 Å². The lowest BCUT2D eigenvalue weighted by Gasteiger charge is -2.28. The predicted molar refractivity (Wildman–Crippen MR) is 53.4 cm³/mol. The molecule has 1 aromatic carbocycles. The second-order valence-corrected chi connectivity index (χ2v) is 3.65. The molecule has 1 aliphatic heterocycles. The third-order valence-corrected chi connectivity index (χ3v) is 2.69. The second-order valence-electron chi connectivity index (χ2n) is 3.65. The van der Waals surface area contributed by atoms with Crippen molar-refractivity contribution in [1.82, 2.24) is 5.32 Å². The van der Waals surface area contributed by atoms with Crippen molar-refractivity contribution in [3.05, 3.63) is 39.4 Å². The molecule has 0 aliphatic carbocycles. The van der Waals surface area contributed by atoms with Crippen LogP contribution in [0, 0.1) is 17.0 Å². The van der Waals surface area contributed by atoms with Gasteiger partial charge in [-0.1, -0.05) is 6.07 Å². The van der Waals surface area contributed by atoms with E-state index in [1.54, 1.807) is 12.1 Å². The van der Waals surface area contributed by atoms with Crippen LogP contribution in [0.1, 0.15) is 17.0 Å². The van der Waals surface area contributed by atoms with Gasteiger partial charge in [-0.25, -0.2) is 0 Å². The molecule has 0 aromatic heterocycles. The monoisotopic (exact) mass is 192 g/mol. The highest BCUT2D eigenvalue weighted by atomic mass is 16.6. The Morgan fingerprint density at radius 2 is 2.21 bits per heavy atom.